The van der Waals surface area contributed by atoms with Crippen molar-refractivity contribution in [3.8, 4) is 6.07 Å². The zero-order valence-electron chi connectivity index (χ0n) is 8.09. The Bertz CT molecular complexity index is 381. The molecule has 1 aromatic heterocycles. The van der Waals surface area contributed by atoms with Gasteiger partial charge in [0, 0.05) is 18.3 Å². The van der Waals surface area contributed by atoms with Crippen LogP contribution in [0.1, 0.15) is 5.56 Å². The number of hydrogen-bond donors (Lipinski definition) is 0. The SMILES string of the molecule is N#C/C(=C\[C]1[CH][CH][CH][CH]1)c1ccncc1. The Kier molecular flexibility index (Phi) is 3.14. The minimum Gasteiger partial charge on any atom is -0.265 e. The van der Waals surface area contributed by atoms with Crippen LogP contribution in [0.2, 0.25) is 0 Å². The fraction of sp³-hybridized carbons (Fsp3) is 0. The van der Waals surface area contributed by atoms with Gasteiger partial charge >= 0.3 is 0 Å². The molecule has 0 aliphatic heterocycles. The first-order valence-corrected chi connectivity index (χ1v) is 4.64. The maximum atomic E-state index is 9.04. The summed E-state index contributed by atoms with van der Waals surface area (Å²) >= 11 is 0. The molecule has 0 saturated heterocycles. The molecule has 5 radical (unpaired) electrons. The Labute approximate surface area is 90.3 Å². The monoisotopic (exact) mass is 193 g/mol. The number of pyridine rings is 1. The number of rotatable bonds is 2. The van der Waals surface area contributed by atoms with E-state index in [2.05, 4.69) is 11.1 Å². The molecule has 1 aliphatic carbocycles. The van der Waals surface area contributed by atoms with E-state index >= 15 is 0 Å². The molecule has 0 amide bonds. The molecule has 1 fully saturated rings. The predicted octanol–water partition coefficient (Wildman–Crippen LogP) is 2.39. The topological polar surface area (TPSA) is 36.7 Å². The van der Waals surface area contributed by atoms with Gasteiger partial charge < -0.3 is 0 Å². The average Bonchev–Trinajstić information content (AvgIpc) is 2.80. The van der Waals surface area contributed by atoms with E-state index in [1.165, 1.54) is 0 Å². The van der Waals surface area contributed by atoms with Gasteiger partial charge in [-0.2, -0.15) is 5.26 Å². The van der Waals surface area contributed by atoms with E-state index in [-0.39, 0.29) is 0 Å². The molecule has 0 bridgehead atoms. The number of allylic oxidation sites excluding steroid dienone is 2. The maximum Gasteiger partial charge on any atom is 0.0994 e. The van der Waals surface area contributed by atoms with Crippen LogP contribution in [0.4, 0.5) is 0 Å². The molecule has 0 unspecified atom stereocenters. The van der Waals surface area contributed by atoms with Crippen molar-refractivity contribution in [1.82, 2.24) is 4.98 Å². The smallest absolute Gasteiger partial charge is 0.0994 e. The van der Waals surface area contributed by atoms with Gasteiger partial charge in [-0.15, -0.1) is 0 Å². The predicted molar refractivity (Wildman–Crippen MR) is 58.3 cm³/mol. The molecule has 0 atom stereocenters. The largest absolute Gasteiger partial charge is 0.265 e. The van der Waals surface area contributed by atoms with Gasteiger partial charge in [0.15, 0.2) is 0 Å². The molecule has 0 aromatic carbocycles. The molecule has 71 valence electrons. The lowest BCUT2D eigenvalue weighted by Crippen LogP contribution is -1.89. The number of nitrogens with zero attached hydrogens (tertiary/aromatic N) is 2. The Morgan fingerprint density at radius 1 is 1.20 bits per heavy atom. The van der Waals surface area contributed by atoms with Crippen molar-refractivity contribution in [2.24, 2.45) is 0 Å². The number of hydrogen-bond acceptors (Lipinski definition) is 2. The van der Waals surface area contributed by atoms with Crippen molar-refractivity contribution < 1.29 is 0 Å². The number of aromatic nitrogens is 1. The zero-order chi connectivity index (χ0) is 10.5. The molecule has 2 nitrogen and oxygen atoms in total. The summed E-state index contributed by atoms with van der Waals surface area (Å²) in [4.78, 5) is 3.92. The molecule has 2 rings (SSSR count). The highest BCUT2D eigenvalue weighted by Crippen LogP contribution is 2.27. The third-order valence-electron chi connectivity index (χ3n) is 2.11. The number of nitriles is 1. The van der Waals surface area contributed by atoms with E-state index in [4.69, 9.17) is 5.26 Å². The second kappa shape index (κ2) is 4.75. The van der Waals surface area contributed by atoms with E-state index in [1.807, 2.05) is 43.9 Å². The van der Waals surface area contributed by atoms with Gasteiger partial charge in [0.05, 0.1) is 11.6 Å². The van der Waals surface area contributed by atoms with Crippen LogP contribution in [-0.4, -0.2) is 4.98 Å². The first-order valence-electron chi connectivity index (χ1n) is 4.64. The molecule has 2 heteroatoms. The van der Waals surface area contributed by atoms with Crippen LogP contribution in [0.5, 0.6) is 0 Å². The van der Waals surface area contributed by atoms with E-state index < -0.39 is 0 Å². The van der Waals surface area contributed by atoms with Crippen LogP contribution in [-0.2, 0) is 0 Å². The van der Waals surface area contributed by atoms with E-state index in [0.29, 0.717) is 5.57 Å². The minimum atomic E-state index is 0.656. The highest BCUT2D eigenvalue weighted by molar-refractivity contribution is 5.79. The van der Waals surface area contributed by atoms with Gasteiger partial charge in [0.25, 0.3) is 0 Å². The van der Waals surface area contributed by atoms with Gasteiger partial charge in [-0.1, -0.05) is 6.08 Å². The normalized spacial score (nSPS) is 17.7. The zero-order valence-corrected chi connectivity index (χ0v) is 8.09. The summed E-state index contributed by atoms with van der Waals surface area (Å²) in [6.07, 6.45) is 13.1. The summed E-state index contributed by atoms with van der Waals surface area (Å²) < 4.78 is 0. The van der Waals surface area contributed by atoms with Gasteiger partial charge in [-0.05, 0) is 43.4 Å². The van der Waals surface area contributed by atoms with E-state index in [1.54, 1.807) is 12.4 Å². The van der Waals surface area contributed by atoms with Crippen LogP contribution in [0.15, 0.2) is 30.6 Å². The molecular formula is C13H9N2. The Balaban J connectivity index is 2.21. The first kappa shape index (κ1) is 9.92. The van der Waals surface area contributed by atoms with Crippen molar-refractivity contribution >= 4 is 5.57 Å². The third-order valence-corrected chi connectivity index (χ3v) is 2.11. The highest BCUT2D eigenvalue weighted by atomic mass is 14.6. The molecule has 0 spiro atoms. The van der Waals surface area contributed by atoms with Crippen LogP contribution >= 0.6 is 0 Å². The quantitative estimate of drug-likeness (QED) is 0.676. The fourth-order valence-electron chi connectivity index (χ4n) is 1.36. The van der Waals surface area contributed by atoms with Crippen LogP contribution in [0, 0.1) is 42.9 Å². The average molecular weight is 193 g/mol. The van der Waals surface area contributed by atoms with Gasteiger partial charge in [-0.3, -0.25) is 4.98 Å². The lowest BCUT2D eigenvalue weighted by atomic mass is 10.0. The van der Waals surface area contributed by atoms with E-state index in [0.717, 1.165) is 11.5 Å². The molecule has 1 saturated carbocycles. The van der Waals surface area contributed by atoms with Crippen molar-refractivity contribution in [3.05, 3.63) is 67.8 Å². The van der Waals surface area contributed by atoms with Gasteiger partial charge in [0.1, 0.15) is 0 Å². The second-order valence-corrected chi connectivity index (χ2v) is 3.12. The van der Waals surface area contributed by atoms with Crippen molar-refractivity contribution in [2.45, 2.75) is 0 Å². The standard InChI is InChI=1S/C13H9N2/c14-10-13(9-11-3-1-2-4-11)12-5-7-15-8-6-12/h1-9H/b13-9+. The molecule has 15 heavy (non-hydrogen) atoms. The molecule has 0 N–H and O–H groups in total. The first-order chi connectivity index (χ1) is 7.40. The lowest BCUT2D eigenvalue weighted by molar-refractivity contribution is 1.31. The van der Waals surface area contributed by atoms with Gasteiger partial charge in [0.2, 0.25) is 0 Å². The molecule has 1 aliphatic rings. The second-order valence-electron chi connectivity index (χ2n) is 3.12. The summed E-state index contributed by atoms with van der Waals surface area (Å²) in [7, 11) is 0. The van der Waals surface area contributed by atoms with Crippen molar-refractivity contribution in [1.29, 1.82) is 5.26 Å². The van der Waals surface area contributed by atoms with E-state index in [9.17, 15) is 0 Å². The Hall–Kier alpha value is -1.62. The molecular weight excluding hydrogens is 184 g/mol. The van der Waals surface area contributed by atoms with Gasteiger partial charge in [-0.25, -0.2) is 0 Å². The maximum absolute atomic E-state index is 9.04. The summed E-state index contributed by atoms with van der Waals surface area (Å²) in [5.41, 5.74) is 1.55. The van der Waals surface area contributed by atoms with Crippen molar-refractivity contribution in [2.75, 3.05) is 0 Å². The summed E-state index contributed by atoms with van der Waals surface area (Å²) in [5.74, 6) is 1.04. The summed E-state index contributed by atoms with van der Waals surface area (Å²) in [5, 5.41) is 9.04. The van der Waals surface area contributed by atoms with Crippen molar-refractivity contribution in [3.63, 3.8) is 0 Å². The highest BCUT2D eigenvalue weighted by Gasteiger charge is 2.15. The fourth-order valence-corrected chi connectivity index (χ4v) is 1.36. The molecule has 1 aromatic rings. The van der Waals surface area contributed by atoms with Crippen LogP contribution in [0.3, 0.4) is 0 Å². The lowest BCUT2D eigenvalue weighted by Gasteiger charge is -2.02. The Morgan fingerprint density at radius 2 is 1.87 bits per heavy atom. The third kappa shape index (κ3) is 2.44. The van der Waals surface area contributed by atoms with Crippen LogP contribution < -0.4 is 0 Å². The molecule has 1 heterocycles. The Morgan fingerprint density at radius 3 is 2.47 bits per heavy atom. The summed E-state index contributed by atoms with van der Waals surface area (Å²) in [6.45, 7) is 0. The minimum absolute atomic E-state index is 0.656. The summed E-state index contributed by atoms with van der Waals surface area (Å²) in [6, 6.07) is 5.85. The van der Waals surface area contributed by atoms with Crippen LogP contribution in [0.25, 0.3) is 5.57 Å².